The molecule has 0 heterocycles. The molecule has 0 aliphatic carbocycles. The first-order valence-electron chi connectivity index (χ1n) is 4.44. The fourth-order valence-electron chi connectivity index (χ4n) is 1.23. The maximum atomic E-state index is 11.6. The monoisotopic (exact) mass is 214 g/mol. The van der Waals surface area contributed by atoms with Gasteiger partial charge in [0.25, 0.3) is 0 Å². The van der Waals surface area contributed by atoms with Crippen molar-refractivity contribution in [2.24, 2.45) is 0 Å². The average Bonchev–Trinajstić information content (AvgIpc) is 2.18. The van der Waals surface area contributed by atoms with Crippen LogP contribution >= 0.6 is 0 Å². The van der Waals surface area contributed by atoms with Crippen molar-refractivity contribution in [2.75, 3.05) is 5.75 Å². The van der Waals surface area contributed by atoms with Gasteiger partial charge in [0.2, 0.25) is 0 Å². The molecule has 0 spiro atoms. The lowest BCUT2D eigenvalue weighted by atomic mass is 10.2. The van der Waals surface area contributed by atoms with Crippen LogP contribution in [-0.4, -0.2) is 19.3 Å². The summed E-state index contributed by atoms with van der Waals surface area (Å²) in [7, 11) is -3.17. The molecule has 1 N–H and O–H groups in total. The van der Waals surface area contributed by atoms with Gasteiger partial charge in [0.05, 0.1) is 17.3 Å². The minimum atomic E-state index is -3.17. The molecular formula is C10H14O3S. The van der Waals surface area contributed by atoms with Crippen molar-refractivity contribution < 1.29 is 13.5 Å². The quantitative estimate of drug-likeness (QED) is 0.824. The van der Waals surface area contributed by atoms with Crippen LogP contribution in [0.3, 0.4) is 0 Å². The molecule has 3 nitrogen and oxygen atoms in total. The predicted molar refractivity (Wildman–Crippen MR) is 54.8 cm³/mol. The van der Waals surface area contributed by atoms with Crippen LogP contribution in [0.1, 0.15) is 18.1 Å². The lowest BCUT2D eigenvalue weighted by Gasteiger charge is -2.07. The van der Waals surface area contributed by atoms with Gasteiger partial charge in [-0.15, -0.1) is 0 Å². The molecular weight excluding hydrogens is 200 g/mol. The molecule has 0 aromatic heterocycles. The molecule has 0 fully saturated rings. The summed E-state index contributed by atoms with van der Waals surface area (Å²) >= 11 is 0. The van der Waals surface area contributed by atoms with Gasteiger partial charge in [-0.05, 0) is 24.1 Å². The van der Waals surface area contributed by atoms with E-state index in [2.05, 4.69) is 0 Å². The Hall–Kier alpha value is -0.870. The van der Waals surface area contributed by atoms with Crippen LogP contribution in [0.2, 0.25) is 0 Å². The van der Waals surface area contributed by atoms with Crippen molar-refractivity contribution in [1.82, 2.24) is 0 Å². The number of rotatable bonds is 3. The zero-order valence-corrected chi connectivity index (χ0v) is 9.13. The molecule has 4 heteroatoms. The number of aliphatic hydroxyl groups excluding tert-OH is 1. The lowest BCUT2D eigenvalue weighted by Crippen LogP contribution is -2.06. The second kappa shape index (κ2) is 4.11. The summed E-state index contributed by atoms with van der Waals surface area (Å²) in [6.45, 7) is 3.23. The Morgan fingerprint density at radius 2 is 2.00 bits per heavy atom. The van der Waals surface area contributed by atoms with Crippen molar-refractivity contribution in [1.29, 1.82) is 0 Å². The molecule has 0 saturated heterocycles. The van der Waals surface area contributed by atoms with Gasteiger partial charge >= 0.3 is 0 Å². The number of aryl methyl sites for hydroxylation is 1. The zero-order valence-electron chi connectivity index (χ0n) is 8.32. The molecule has 78 valence electrons. The summed E-state index contributed by atoms with van der Waals surface area (Å²) < 4.78 is 23.2. The largest absolute Gasteiger partial charge is 0.392 e. The number of hydrogen-bond acceptors (Lipinski definition) is 3. The number of aliphatic hydroxyl groups is 1. The van der Waals surface area contributed by atoms with Crippen molar-refractivity contribution in [3.8, 4) is 0 Å². The number of sulfone groups is 1. The second-order valence-electron chi connectivity index (χ2n) is 3.16. The molecule has 0 saturated carbocycles. The smallest absolute Gasteiger partial charge is 0.178 e. The van der Waals surface area contributed by atoms with Gasteiger partial charge in [-0.25, -0.2) is 8.42 Å². The van der Waals surface area contributed by atoms with Crippen molar-refractivity contribution in [2.45, 2.75) is 25.3 Å². The van der Waals surface area contributed by atoms with Gasteiger partial charge in [0, 0.05) is 0 Å². The molecule has 0 bridgehead atoms. The molecule has 0 amide bonds. The molecule has 14 heavy (non-hydrogen) atoms. The molecule has 1 aromatic rings. The van der Waals surface area contributed by atoms with Crippen molar-refractivity contribution in [3.63, 3.8) is 0 Å². The third-order valence-electron chi connectivity index (χ3n) is 2.15. The van der Waals surface area contributed by atoms with Crippen LogP contribution in [0, 0.1) is 6.92 Å². The molecule has 1 aromatic carbocycles. The Morgan fingerprint density at radius 3 is 2.50 bits per heavy atom. The highest BCUT2D eigenvalue weighted by molar-refractivity contribution is 7.91. The van der Waals surface area contributed by atoms with Crippen molar-refractivity contribution in [3.05, 3.63) is 29.3 Å². The van der Waals surface area contributed by atoms with E-state index in [4.69, 9.17) is 5.11 Å². The van der Waals surface area contributed by atoms with Crippen LogP contribution in [-0.2, 0) is 16.4 Å². The minimum Gasteiger partial charge on any atom is -0.392 e. The molecule has 1 rings (SSSR count). The Kier molecular flexibility index (Phi) is 3.29. The summed E-state index contributed by atoms with van der Waals surface area (Å²) in [4.78, 5) is 0.326. The third kappa shape index (κ3) is 2.13. The van der Waals surface area contributed by atoms with E-state index in [9.17, 15) is 8.42 Å². The molecule has 0 atom stereocenters. The fourth-order valence-corrected chi connectivity index (χ4v) is 2.43. The third-order valence-corrected chi connectivity index (χ3v) is 4.02. The van der Waals surface area contributed by atoms with Crippen LogP contribution < -0.4 is 0 Å². The molecule has 0 unspecified atom stereocenters. The van der Waals surface area contributed by atoms with E-state index in [0.29, 0.717) is 10.5 Å². The standard InChI is InChI=1S/C10H14O3S/c1-3-14(12,13)10-6-9(7-11)5-4-8(10)2/h4-6,11H,3,7H2,1-2H3. The van der Waals surface area contributed by atoms with E-state index >= 15 is 0 Å². The summed E-state index contributed by atoms with van der Waals surface area (Å²) in [5.41, 5.74) is 1.35. The SMILES string of the molecule is CCS(=O)(=O)c1cc(CO)ccc1C. The maximum Gasteiger partial charge on any atom is 0.178 e. The average molecular weight is 214 g/mol. The molecule has 0 aliphatic rings. The summed E-state index contributed by atoms with van der Waals surface area (Å²) in [5.74, 6) is 0.0860. The van der Waals surface area contributed by atoms with E-state index < -0.39 is 9.84 Å². The maximum absolute atomic E-state index is 11.6. The zero-order chi connectivity index (χ0) is 10.8. The molecule has 0 radical (unpaired) electrons. The van der Waals surface area contributed by atoms with Crippen LogP contribution in [0.15, 0.2) is 23.1 Å². The normalized spacial score (nSPS) is 11.6. The summed E-state index contributed by atoms with van der Waals surface area (Å²) in [6, 6.07) is 4.98. The second-order valence-corrected chi connectivity index (χ2v) is 5.41. The van der Waals surface area contributed by atoms with Gasteiger partial charge in [0.15, 0.2) is 9.84 Å². The van der Waals surface area contributed by atoms with E-state index in [-0.39, 0.29) is 12.4 Å². The fraction of sp³-hybridized carbons (Fsp3) is 0.400. The van der Waals surface area contributed by atoms with Gasteiger partial charge in [-0.1, -0.05) is 19.1 Å². The number of benzene rings is 1. The lowest BCUT2D eigenvalue weighted by molar-refractivity contribution is 0.281. The highest BCUT2D eigenvalue weighted by Crippen LogP contribution is 2.18. The molecule has 0 aliphatic heterocycles. The van der Waals surface area contributed by atoms with Crippen LogP contribution in [0.5, 0.6) is 0 Å². The Balaban J connectivity index is 3.33. The summed E-state index contributed by atoms with van der Waals surface area (Å²) in [6.07, 6.45) is 0. The van der Waals surface area contributed by atoms with E-state index in [1.165, 1.54) is 6.07 Å². The van der Waals surface area contributed by atoms with Gasteiger partial charge in [0.1, 0.15) is 0 Å². The number of hydrogen-bond donors (Lipinski definition) is 1. The van der Waals surface area contributed by atoms with Crippen molar-refractivity contribution >= 4 is 9.84 Å². The Bertz CT molecular complexity index is 421. The van der Waals surface area contributed by atoms with E-state index in [1.54, 1.807) is 26.0 Å². The highest BCUT2D eigenvalue weighted by Gasteiger charge is 2.14. The summed E-state index contributed by atoms with van der Waals surface area (Å²) in [5, 5.41) is 8.90. The van der Waals surface area contributed by atoms with Gasteiger partial charge in [-0.2, -0.15) is 0 Å². The predicted octanol–water partition coefficient (Wildman–Crippen LogP) is 1.28. The van der Waals surface area contributed by atoms with Crippen LogP contribution in [0.25, 0.3) is 0 Å². The van der Waals surface area contributed by atoms with Gasteiger partial charge in [-0.3, -0.25) is 0 Å². The minimum absolute atomic E-state index is 0.0860. The topological polar surface area (TPSA) is 54.4 Å². The Morgan fingerprint density at radius 1 is 1.36 bits per heavy atom. The highest BCUT2D eigenvalue weighted by atomic mass is 32.2. The first kappa shape index (κ1) is 11.2. The first-order valence-corrected chi connectivity index (χ1v) is 6.09. The first-order chi connectivity index (χ1) is 6.51. The van der Waals surface area contributed by atoms with E-state index in [1.807, 2.05) is 0 Å². The van der Waals surface area contributed by atoms with Gasteiger partial charge < -0.3 is 5.11 Å². The van der Waals surface area contributed by atoms with Crippen LogP contribution in [0.4, 0.5) is 0 Å². The Labute approximate surface area is 84.3 Å². The van der Waals surface area contributed by atoms with E-state index in [0.717, 1.165) is 5.56 Å².